The summed E-state index contributed by atoms with van der Waals surface area (Å²) in [4.78, 5) is 5.46. The first-order valence-electron chi connectivity index (χ1n) is 16.1. The van der Waals surface area contributed by atoms with Crippen molar-refractivity contribution in [2.75, 3.05) is 0 Å². The maximum absolute atomic E-state index is 6.61. The van der Waals surface area contributed by atoms with Crippen molar-refractivity contribution >= 4 is 87.1 Å². The number of rotatable bonds is 3. The SMILES string of the molecule is c1ccc(-c2cc3nc(-n4c5ccccc5c5ccc6c(c7ccccc7n6-c6ccccc6)c54)sc3c3c2oc2ccccc23)cc1. The van der Waals surface area contributed by atoms with Crippen LogP contribution in [0.1, 0.15) is 0 Å². The smallest absolute Gasteiger partial charge is 0.195 e. The third-order valence-corrected chi connectivity index (χ3v) is 10.8. The Kier molecular flexibility index (Phi) is 5.23. The van der Waals surface area contributed by atoms with E-state index >= 15 is 0 Å². The highest BCUT2D eigenvalue weighted by Gasteiger charge is 2.24. The van der Waals surface area contributed by atoms with Gasteiger partial charge in [-0.15, -0.1) is 0 Å². The van der Waals surface area contributed by atoms with E-state index in [1.165, 1.54) is 38.1 Å². The van der Waals surface area contributed by atoms with Gasteiger partial charge in [-0.3, -0.25) is 4.57 Å². The highest BCUT2D eigenvalue weighted by molar-refractivity contribution is 7.22. The highest BCUT2D eigenvalue weighted by atomic mass is 32.1. The molecule has 0 aliphatic rings. The van der Waals surface area contributed by atoms with Gasteiger partial charge >= 0.3 is 0 Å². The second-order valence-electron chi connectivity index (χ2n) is 12.3. The predicted molar refractivity (Wildman–Crippen MR) is 201 cm³/mol. The molecule has 0 radical (unpaired) electrons. The molecule has 4 heterocycles. The number of hydrogen-bond donors (Lipinski definition) is 0. The summed E-state index contributed by atoms with van der Waals surface area (Å²) in [6.45, 7) is 0. The molecule has 11 rings (SSSR count). The molecule has 0 saturated carbocycles. The Bertz CT molecular complexity index is 3050. The molecule has 4 nitrogen and oxygen atoms in total. The van der Waals surface area contributed by atoms with Gasteiger partial charge in [0.1, 0.15) is 11.2 Å². The van der Waals surface area contributed by atoms with E-state index in [0.717, 1.165) is 59.6 Å². The van der Waals surface area contributed by atoms with Gasteiger partial charge in [0.2, 0.25) is 0 Å². The molecular weight excluding hydrogens is 607 g/mol. The minimum Gasteiger partial charge on any atom is -0.455 e. The predicted octanol–water partition coefficient (Wildman–Crippen LogP) is 12.1. The van der Waals surface area contributed by atoms with Crippen molar-refractivity contribution in [3.63, 3.8) is 0 Å². The highest BCUT2D eigenvalue weighted by Crippen LogP contribution is 2.46. The van der Waals surface area contributed by atoms with Crippen molar-refractivity contribution in [3.8, 4) is 21.9 Å². The molecule has 0 aliphatic carbocycles. The van der Waals surface area contributed by atoms with Crippen molar-refractivity contribution in [3.05, 3.63) is 152 Å². The zero-order chi connectivity index (χ0) is 31.3. The summed E-state index contributed by atoms with van der Waals surface area (Å²) in [5.41, 5.74) is 10.8. The first kappa shape index (κ1) is 26.0. The Morgan fingerprint density at radius 3 is 2.00 bits per heavy atom. The van der Waals surface area contributed by atoms with Crippen LogP contribution >= 0.6 is 11.3 Å². The van der Waals surface area contributed by atoms with Crippen molar-refractivity contribution in [2.24, 2.45) is 0 Å². The fraction of sp³-hybridized carbons (Fsp3) is 0. The Balaban J connectivity index is 1.31. The minimum absolute atomic E-state index is 0.888. The number of benzene rings is 7. The molecule has 4 aromatic heterocycles. The van der Waals surface area contributed by atoms with Crippen LogP contribution in [-0.2, 0) is 0 Å². The summed E-state index contributed by atoms with van der Waals surface area (Å²) >= 11 is 1.74. The van der Waals surface area contributed by atoms with Crippen molar-refractivity contribution < 1.29 is 4.42 Å². The van der Waals surface area contributed by atoms with Crippen LogP contribution in [0.25, 0.3) is 97.7 Å². The van der Waals surface area contributed by atoms with Crippen LogP contribution in [0, 0.1) is 0 Å². The lowest BCUT2D eigenvalue weighted by atomic mass is 10.0. The lowest BCUT2D eigenvalue weighted by Crippen LogP contribution is -1.94. The lowest BCUT2D eigenvalue weighted by Gasteiger charge is -2.08. The Morgan fingerprint density at radius 1 is 0.521 bits per heavy atom. The summed E-state index contributed by atoms with van der Waals surface area (Å²) in [5, 5.41) is 8.06. The van der Waals surface area contributed by atoms with E-state index in [1.54, 1.807) is 11.3 Å². The van der Waals surface area contributed by atoms with Crippen LogP contribution < -0.4 is 0 Å². The number of para-hydroxylation sites is 4. The molecule has 0 spiro atoms. The Morgan fingerprint density at radius 2 is 1.19 bits per heavy atom. The normalized spacial score (nSPS) is 12.2. The van der Waals surface area contributed by atoms with Crippen LogP contribution in [0.2, 0.25) is 0 Å². The first-order chi connectivity index (χ1) is 23.8. The Hall–Kier alpha value is -6.17. The van der Waals surface area contributed by atoms with E-state index in [1.807, 2.05) is 6.07 Å². The van der Waals surface area contributed by atoms with Crippen LogP contribution in [-0.4, -0.2) is 14.1 Å². The van der Waals surface area contributed by atoms with E-state index in [2.05, 4.69) is 155 Å². The average molecular weight is 632 g/mol. The van der Waals surface area contributed by atoms with Gasteiger partial charge in [0.05, 0.1) is 32.3 Å². The zero-order valence-corrected chi connectivity index (χ0v) is 26.4. The zero-order valence-electron chi connectivity index (χ0n) is 25.6. The number of thiazole rings is 1. The van der Waals surface area contributed by atoms with Gasteiger partial charge in [0, 0.05) is 43.6 Å². The summed E-state index contributed by atoms with van der Waals surface area (Å²) in [6.07, 6.45) is 0. The fourth-order valence-electron chi connectivity index (χ4n) is 7.75. The number of fused-ring (bicyclic) bond motifs is 12. The molecule has 0 bridgehead atoms. The third-order valence-electron chi connectivity index (χ3n) is 9.75. The van der Waals surface area contributed by atoms with Crippen LogP contribution in [0.5, 0.6) is 0 Å². The minimum atomic E-state index is 0.888. The molecule has 11 aromatic rings. The van der Waals surface area contributed by atoms with Gasteiger partial charge in [0.15, 0.2) is 5.13 Å². The summed E-state index contributed by atoms with van der Waals surface area (Å²) in [7, 11) is 0. The van der Waals surface area contributed by atoms with Crippen molar-refractivity contribution in [2.45, 2.75) is 0 Å². The molecule has 0 amide bonds. The number of furan rings is 1. The second kappa shape index (κ2) is 9.67. The molecular formula is C43H25N3OS. The molecule has 0 N–H and O–H groups in total. The van der Waals surface area contributed by atoms with Gasteiger partial charge in [0.25, 0.3) is 0 Å². The molecule has 7 aromatic carbocycles. The van der Waals surface area contributed by atoms with E-state index in [4.69, 9.17) is 9.40 Å². The van der Waals surface area contributed by atoms with Crippen LogP contribution in [0.4, 0.5) is 0 Å². The van der Waals surface area contributed by atoms with E-state index < -0.39 is 0 Å². The van der Waals surface area contributed by atoms with Gasteiger partial charge in [-0.05, 0) is 48.0 Å². The molecule has 48 heavy (non-hydrogen) atoms. The lowest BCUT2D eigenvalue weighted by molar-refractivity contribution is 0.670. The topological polar surface area (TPSA) is 35.9 Å². The largest absolute Gasteiger partial charge is 0.455 e. The van der Waals surface area contributed by atoms with Crippen LogP contribution in [0.3, 0.4) is 0 Å². The maximum atomic E-state index is 6.61. The summed E-state index contributed by atoms with van der Waals surface area (Å²) in [5.74, 6) is 0. The molecule has 0 fully saturated rings. The standard InChI is InChI=1S/C43H25N3OS/c1-3-13-26(14-4-1)32-25-33-42(39-31-19-9-12-22-37(31)47-41(32)39)48-43(44-33)46-34-20-10-7-17-28(34)29-23-24-36-38(40(29)46)30-18-8-11-21-35(30)45(36)27-15-5-2-6-16-27/h1-25H. The first-order valence-corrected chi connectivity index (χ1v) is 17.0. The Labute approximate surface area is 278 Å². The molecule has 5 heteroatoms. The number of aromatic nitrogens is 3. The molecule has 0 unspecified atom stereocenters. The van der Waals surface area contributed by atoms with Crippen molar-refractivity contribution in [1.29, 1.82) is 0 Å². The maximum Gasteiger partial charge on any atom is 0.195 e. The van der Waals surface area contributed by atoms with Gasteiger partial charge in [-0.1, -0.05) is 121 Å². The molecule has 224 valence electrons. The van der Waals surface area contributed by atoms with E-state index in [0.29, 0.717) is 0 Å². The molecule has 0 atom stereocenters. The fourth-order valence-corrected chi connectivity index (χ4v) is 8.87. The molecule has 0 aliphatic heterocycles. The quantitative estimate of drug-likeness (QED) is 0.194. The number of hydrogen-bond acceptors (Lipinski definition) is 3. The summed E-state index contributed by atoms with van der Waals surface area (Å²) in [6, 6.07) is 53.8. The van der Waals surface area contributed by atoms with E-state index in [9.17, 15) is 0 Å². The second-order valence-corrected chi connectivity index (χ2v) is 13.3. The van der Waals surface area contributed by atoms with Crippen molar-refractivity contribution in [1.82, 2.24) is 14.1 Å². The van der Waals surface area contributed by atoms with Gasteiger partial charge in [-0.25, -0.2) is 4.98 Å². The average Bonchev–Trinajstić information content (AvgIpc) is 3.90. The molecule has 0 saturated heterocycles. The van der Waals surface area contributed by atoms with Gasteiger partial charge in [-0.2, -0.15) is 0 Å². The number of nitrogens with zero attached hydrogens (tertiary/aromatic N) is 3. The van der Waals surface area contributed by atoms with Gasteiger partial charge < -0.3 is 8.98 Å². The van der Waals surface area contributed by atoms with E-state index in [-0.39, 0.29) is 0 Å². The van der Waals surface area contributed by atoms with Crippen LogP contribution in [0.15, 0.2) is 156 Å². The third kappa shape index (κ3) is 3.46. The summed E-state index contributed by atoms with van der Waals surface area (Å²) < 4.78 is 12.5. The monoisotopic (exact) mass is 631 g/mol.